The van der Waals surface area contributed by atoms with E-state index < -0.39 is 0 Å². The van der Waals surface area contributed by atoms with Crippen LogP contribution in [0.3, 0.4) is 0 Å². The highest BCUT2D eigenvalue weighted by Gasteiger charge is 2.21. The van der Waals surface area contributed by atoms with Gasteiger partial charge in [-0.2, -0.15) is 0 Å². The molecule has 0 N–H and O–H groups in total. The molecule has 0 unspecified atom stereocenters. The molecule has 0 radical (unpaired) electrons. The molecule has 25 heavy (non-hydrogen) atoms. The molecule has 2 heterocycles. The van der Waals surface area contributed by atoms with Gasteiger partial charge in [-0.15, -0.1) is 23.1 Å². The lowest BCUT2D eigenvalue weighted by atomic mass is 9.97. The molecular formula is C21H24N2S2. The third kappa shape index (κ3) is 3.61. The van der Waals surface area contributed by atoms with Crippen molar-refractivity contribution in [2.75, 3.05) is 5.75 Å². The highest BCUT2D eigenvalue weighted by Crippen LogP contribution is 2.40. The number of benzene rings is 1. The summed E-state index contributed by atoms with van der Waals surface area (Å²) >= 11 is 3.82. The van der Waals surface area contributed by atoms with Crippen LogP contribution in [0.5, 0.6) is 0 Å². The maximum Gasteiger partial charge on any atom is 0.162 e. The van der Waals surface area contributed by atoms with Crippen molar-refractivity contribution in [3.05, 3.63) is 40.8 Å². The van der Waals surface area contributed by atoms with E-state index in [1.165, 1.54) is 52.9 Å². The molecule has 0 amide bonds. The van der Waals surface area contributed by atoms with Gasteiger partial charge < -0.3 is 0 Å². The average molecular weight is 369 g/mol. The predicted octanol–water partition coefficient (Wildman–Crippen LogP) is 6.38. The Kier molecular flexibility index (Phi) is 5.09. The summed E-state index contributed by atoms with van der Waals surface area (Å²) in [5.41, 5.74) is 2.65. The maximum atomic E-state index is 5.01. The van der Waals surface area contributed by atoms with E-state index in [9.17, 15) is 0 Å². The summed E-state index contributed by atoms with van der Waals surface area (Å²) in [5, 5.41) is 2.55. The van der Waals surface area contributed by atoms with Crippen LogP contribution in [0.4, 0.5) is 0 Å². The second kappa shape index (κ2) is 7.46. The number of nitrogens with zero attached hydrogens (tertiary/aromatic N) is 2. The smallest absolute Gasteiger partial charge is 0.162 e. The zero-order valence-corrected chi connectivity index (χ0v) is 16.6. The van der Waals surface area contributed by atoms with Gasteiger partial charge in [-0.05, 0) is 49.3 Å². The molecule has 0 bridgehead atoms. The molecule has 2 nitrogen and oxygen atoms in total. The quantitative estimate of drug-likeness (QED) is 0.386. The lowest BCUT2D eigenvalue weighted by molar-refractivity contribution is 0.632. The number of thioether (sulfide) groups is 1. The molecule has 4 heteroatoms. The van der Waals surface area contributed by atoms with Crippen molar-refractivity contribution in [2.45, 2.75) is 51.0 Å². The first-order valence-corrected chi connectivity index (χ1v) is 11.0. The molecule has 1 aliphatic carbocycles. The first-order valence-electron chi connectivity index (χ1n) is 9.23. The van der Waals surface area contributed by atoms with Gasteiger partial charge in [0.05, 0.1) is 0 Å². The largest absolute Gasteiger partial charge is 0.221 e. The summed E-state index contributed by atoms with van der Waals surface area (Å²) in [6.45, 7) is 4.58. The van der Waals surface area contributed by atoms with Gasteiger partial charge in [0.15, 0.2) is 5.82 Å². The van der Waals surface area contributed by atoms with E-state index in [0.29, 0.717) is 0 Å². The number of aryl methyl sites for hydroxylation is 2. The van der Waals surface area contributed by atoms with Crippen LogP contribution >= 0.6 is 23.1 Å². The zero-order valence-electron chi connectivity index (χ0n) is 14.9. The van der Waals surface area contributed by atoms with Gasteiger partial charge in [-0.1, -0.05) is 44.2 Å². The number of thiophene rings is 1. The van der Waals surface area contributed by atoms with E-state index in [4.69, 9.17) is 9.97 Å². The molecule has 1 aliphatic rings. The lowest BCUT2D eigenvalue weighted by Gasteiger charge is -2.12. The number of aromatic nitrogens is 2. The summed E-state index contributed by atoms with van der Waals surface area (Å²) in [7, 11) is 0. The van der Waals surface area contributed by atoms with E-state index in [1.54, 1.807) is 4.88 Å². The summed E-state index contributed by atoms with van der Waals surface area (Å²) in [6, 6.07) is 10.4. The van der Waals surface area contributed by atoms with E-state index in [0.717, 1.165) is 23.1 Å². The Morgan fingerprint density at radius 3 is 2.68 bits per heavy atom. The Morgan fingerprint density at radius 1 is 1.08 bits per heavy atom. The van der Waals surface area contributed by atoms with Crippen molar-refractivity contribution >= 4 is 33.3 Å². The van der Waals surface area contributed by atoms with E-state index in [2.05, 4.69) is 38.1 Å². The van der Waals surface area contributed by atoms with Crippen LogP contribution in [0.1, 0.15) is 43.6 Å². The highest BCUT2D eigenvalue weighted by molar-refractivity contribution is 7.99. The first-order chi connectivity index (χ1) is 12.2. The van der Waals surface area contributed by atoms with Crippen LogP contribution in [0.15, 0.2) is 35.4 Å². The number of hydrogen-bond acceptors (Lipinski definition) is 4. The summed E-state index contributed by atoms with van der Waals surface area (Å²) in [5.74, 6) is 2.73. The number of hydrogen-bond donors (Lipinski definition) is 0. The molecule has 4 rings (SSSR count). The minimum atomic E-state index is 0.731. The maximum absolute atomic E-state index is 5.01. The van der Waals surface area contributed by atoms with Crippen LogP contribution in [0, 0.1) is 5.92 Å². The molecule has 130 valence electrons. The Balaban J connectivity index is 1.81. The monoisotopic (exact) mass is 368 g/mol. The zero-order chi connectivity index (χ0) is 17.2. The van der Waals surface area contributed by atoms with Crippen molar-refractivity contribution < 1.29 is 0 Å². The second-order valence-electron chi connectivity index (χ2n) is 7.14. The van der Waals surface area contributed by atoms with Crippen molar-refractivity contribution in [3.8, 4) is 11.4 Å². The summed E-state index contributed by atoms with van der Waals surface area (Å²) in [6.07, 6.45) is 6.25. The standard InChI is InChI=1S/C21H24N2S2/c1-14(2)12-13-24-20-18-16-10-6-7-11-17(16)25-21(18)23-19(22-20)15-8-4-3-5-9-15/h3-5,8-9,14H,6-7,10-13H2,1-2H3. The minimum Gasteiger partial charge on any atom is -0.221 e. The molecule has 0 atom stereocenters. The molecule has 0 saturated heterocycles. The van der Waals surface area contributed by atoms with Gasteiger partial charge >= 0.3 is 0 Å². The molecule has 0 saturated carbocycles. The van der Waals surface area contributed by atoms with E-state index >= 15 is 0 Å². The molecule has 0 fully saturated rings. The normalized spacial score (nSPS) is 14.2. The Morgan fingerprint density at radius 2 is 1.88 bits per heavy atom. The predicted molar refractivity (Wildman–Crippen MR) is 110 cm³/mol. The van der Waals surface area contributed by atoms with E-state index in [-0.39, 0.29) is 0 Å². The third-order valence-electron chi connectivity index (χ3n) is 4.75. The van der Waals surface area contributed by atoms with Crippen LogP contribution in [-0.4, -0.2) is 15.7 Å². The van der Waals surface area contributed by atoms with Gasteiger partial charge in [0, 0.05) is 15.8 Å². The van der Waals surface area contributed by atoms with E-state index in [1.807, 2.05) is 29.2 Å². The summed E-state index contributed by atoms with van der Waals surface area (Å²) in [4.78, 5) is 12.7. The fraction of sp³-hybridized carbons (Fsp3) is 0.429. The van der Waals surface area contributed by atoms with Gasteiger partial charge in [-0.3, -0.25) is 0 Å². The molecular weight excluding hydrogens is 344 g/mol. The average Bonchev–Trinajstić information content (AvgIpc) is 3.00. The molecule has 1 aromatic carbocycles. The van der Waals surface area contributed by atoms with Gasteiger partial charge in [-0.25, -0.2) is 9.97 Å². The van der Waals surface area contributed by atoms with Crippen molar-refractivity contribution in [2.24, 2.45) is 5.92 Å². The lowest BCUT2D eigenvalue weighted by Crippen LogP contribution is -2.00. The van der Waals surface area contributed by atoms with Crippen molar-refractivity contribution in [1.82, 2.24) is 9.97 Å². The minimum absolute atomic E-state index is 0.731. The Bertz CT molecular complexity index is 868. The topological polar surface area (TPSA) is 25.8 Å². The fourth-order valence-electron chi connectivity index (χ4n) is 3.34. The molecule has 0 spiro atoms. The SMILES string of the molecule is CC(C)CCSc1nc(-c2ccccc2)nc2sc3c(c12)CCCC3. The number of rotatable bonds is 5. The van der Waals surface area contributed by atoms with Crippen LogP contribution < -0.4 is 0 Å². The Labute approximate surface area is 158 Å². The van der Waals surface area contributed by atoms with Crippen LogP contribution in [0.25, 0.3) is 21.6 Å². The van der Waals surface area contributed by atoms with Gasteiger partial charge in [0.25, 0.3) is 0 Å². The van der Waals surface area contributed by atoms with Gasteiger partial charge in [0.1, 0.15) is 9.86 Å². The van der Waals surface area contributed by atoms with Crippen LogP contribution in [0.2, 0.25) is 0 Å². The Hall–Kier alpha value is -1.39. The number of fused-ring (bicyclic) bond motifs is 3. The van der Waals surface area contributed by atoms with Crippen molar-refractivity contribution in [1.29, 1.82) is 0 Å². The highest BCUT2D eigenvalue weighted by atomic mass is 32.2. The van der Waals surface area contributed by atoms with Crippen LogP contribution in [-0.2, 0) is 12.8 Å². The summed E-state index contributed by atoms with van der Waals surface area (Å²) < 4.78 is 0. The third-order valence-corrected chi connectivity index (χ3v) is 6.94. The van der Waals surface area contributed by atoms with Crippen molar-refractivity contribution in [3.63, 3.8) is 0 Å². The molecule has 0 aliphatic heterocycles. The fourth-order valence-corrected chi connectivity index (χ4v) is 5.96. The molecule has 3 aromatic rings. The molecule has 2 aromatic heterocycles. The first kappa shape index (κ1) is 17.0. The van der Waals surface area contributed by atoms with Gasteiger partial charge in [0.2, 0.25) is 0 Å². The second-order valence-corrected chi connectivity index (χ2v) is 9.31.